The Bertz CT molecular complexity index is 1110. The number of aryl methyl sites for hydroxylation is 1. The lowest BCUT2D eigenvalue weighted by Gasteiger charge is -2.15. The number of nitrogen functional groups attached to an aromatic ring is 1. The molecule has 3 N–H and O–H groups in total. The van der Waals surface area contributed by atoms with Crippen molar-refractivity contribution in [2.75, 3.05) is 11.1 Å². The van der Waals surface area contributed by atoms with E-state index in [-0.39, 0.29) is 11.9 Å². The van der Waals surface area contributed by atoms with Gasteiger partial charge in [-0.3, -0.25) is 4.98 Å². The molecule has 27 heavy (non-hydrogen) atoms. The van der Waals surface area contributed by atoms with E-state index in [1.54, 1.807) is 30.6 Å². The first-order chi connectivity index (χ1) is 13.0. The van der Waals surface area contributed by atoms with Crippen LogP contribution in [0.3, 0.4) is 0 Å². The van der Waals surface area contributed by atoms with Crippen LogP contribution < -0.4 is 11.1 Å². The van der Waals surface area contributed by atoms with Gasteiger partial charge in [-0.2, -0.15) is 0 Å². The molecule has 136 valence electrons. The molecule has 0 aliphatic carbocycles. The Morgan fingerprint density at radius 1 is 1.22 bits per heavy atom. The molecule has 0 bridgehead atoms. The van der Waals surface area contributed by atoms with Crippen LogP contribution >= 0.6 is 0 Å². The van der Waals surface area contributed by atoms with Crippen molar-refractivity contribution in [3.05, 3.63) is 60.7 Å². The third-order valence-corrected chi connectivity index (χ3v) is 4.41. The summed E-state index contributed by atoms with van der Waals surface area (Å²) in [5.41, 5.74) is 8.33. The van der Waals surface area contributed by atoms with E-state index in [1.807, 2.05) is 24.6 Å². The Labute approximate surface area is 155 Å². The molecule has 0 fully saturated rings. The Kier molecular flexibility index (Phi) is 4.15. The van der Waals surface area contributed by atoms with Gasteiger partial charge in [0.2, 0.25) is 0 Å². The largest absolute Gasteiger partial charge is 0.384 e. The fraction of sp³-hybridized carbons (Fsp3) is 0.158. The summed E-state index contributed by atoms with van der Waals surface area (Å²) in [7, 11) is 1.87. The van der Waals surface area contributed by atoms with Gasteiger partial charge in [0.15, 0.2) is 0 Å². The van der Waals surface area contributed by atoms with Crippen molar-refractivity contribution in [3.63, 3.8) is 0 Å². The van der Waals surface area contributed by atoms with Crippen LogP contribution in [-0.2, 0) is 7.05 Å². The number of anilines is 2. The molecule has 0 radical (unpaired) electrons. The van der Waals surface area contributed by atoms with Crippen molar-refractivity contribution in [1.82, 2.24) is 24.5 Å². The van der Waals surface area contributed by atoms with Crippen LogP contribution in [-0.4, -0.2) is 24.5 Å². The average Bonchev–Trinajstić information content (AvgIpc) is 2.99. The molecule has 3 aromatic heterocycles. The number of aromatic nitrogens is 5. The number of rotatable bonds is 4. The Morgan fingerprint density at radius 2 is 2.07 bits per heavy atom. The minimum absolute atomic E-state index is 0.179. The molecule has 0 unspecified atom stereocenters. The fourth-order valence-electron chi connectivity index (χ4n) is 3.21. The van der Waals surface area contributed by atoms with Gasteiger partial charge in [0.1, 0.15) is 29.6 Å². The van der Waals surface area contributed by atoms with E-state index in [0.717, 1.165) is 5.82 Å². The van der Waals surface area contributed by atoms with Crippen LogP contribution in [0, 0.1) is 5.82 Å². The zero-order chi connectivity index (χ0) is 19.0. The maximum Gasteiger partial charge on any atom is 0.133 e. The third-order valence-electron chi connectivity index (χ3n) is 4.41. The number of halogens is 1. The van der Waals surface area contributed by atoms with Crippen molar-refractivity contribution in [1.29, 1.82) is 0 Å². The second kappa shape index (κ2) is 6.64. The van der Waals surface area contributed by atoms with E-state index in [1.165, 1.54) is 12.4 Å². The molecule has 0 saturated heterocycles. The second-order valence-electron chi connectivity index (χ2n) is 6.25. The first kappa shape index (κ1) is 16.9. The van der Waals surface area contributed by atoms with Crippen molar-refractivity contribution < 1.29 is 4.39 Å². The van der Waals surface area contributed by atoms with Gasteiger partial charge in [-0.25, -0.2) is 19.3 Å². The highest BCUT2D eigenvalue weighted by Gasteiger charge is 2.20. The zero-order valence-corrected chi connectivity index (χ0v) is 14.9. The van der Waals surface area contributed by atoms with Gasteiger partial charge >= 0.3 is 0 Å². The topological polar surface area (TPSA) is 94.5 Å². The molecular weight excluding hydrogens is 345 g/mol. The number of benzene rings is 1. The van der Waals surface area contributed by atoms with Crippen molar-refractivity contribution in [2.45, 2.75) is 13.0 Å². The van der Waals surface area contributed by atoms with Crippen LogP contribution in [0.5, 0.6) is 0 Å². The number of nitrogens with one attached hydrogen (secondary N) is 1. The van der Waals surface area contributed by atoms with E-state index in [4.69, 9.17) is 10.7 Å². The fourth-order valence-corrected chi connectivity index (χ4v) is 3.21. The lowest BCUT2D eigenvalue weighted by molar-refractivity contribution is 0.632. The molecule has 0 spiro atoms. The molecule has 8 heteroatoms. The summed E-state index contributed by atoms with van der Waals surface area (Å²) in [6.07, 6.45) is 4.71. The highest BCUT2D eigenvalue weighted by atomic mass is 19.1. The predicted molar refractivity (Wildman–Crippen MR) is 102 cm³/mol. The molecule has 0 aliphatic heterocycles. The van der Waals surface area contributed by atoms with E-state index in [2.05, 4.69) is 20.3 Å². The number of pyridine rings is 1. The van der Waals surface area contributed by atoms with Crippen molar-refractivity contribution in [2.24, 2.45) is 7.05 Å². The molecule has 0 amide bonds. The maximum absolute atomic E-state index is 14.7. The van der Waals surface area contributed by atoms with Gasteiger partial charge in [-0.05, 0) is 25.1 Å². The van der Waals surface area contributed by atoms with Gasteiger partial charge in [0, 0.05) is 36.6 Å². The summed E-state index contributed by atoms with van der Waals surface area (Å²) in [4.78, 5) is 16.9. The first-order valence-corrected chi connectivity index (χ1v) is 8.44. The lowest BCUT2D eigenvalue weighted by Crippen LogP contribution is -2.13. The molecule has 0 aliphatic rings. The summed E-state index contributed by atoms with van der Waals surface area (Å²) in [5, 5.41) is 3.25. The van der Waals surface area contributed by atoms with Gasteiger partial charge in [0.05, 0.1) is 17.1 Å². The standard InChI is InChI=1S/C19H18FN7/c1-11(25-16-8-15(21)23-10-24-16)19-26-14-6-5-13(20)17(18(14)27(19)2)12-4-3-7-22-9-12/h3-11H,1-2H3,(H3,21,23,24,25)/t11-/m0/s1. The van der Waals surface area contributed by atoms with Gasteiger partial charge in [-0.1, -0.05) is 6.07 Å². The normalized spacial score (nSPS) is 12.3. The third kappa shape index (κ3) is 3.05. The highest BCUT2D eigenvalue weighted by molar-refractivity contribution is 5.93. The van der Waals surface area contributed by atoms with Gasteiger partial charge in [-0.15, -0.1) is 0 Å². The van der Waals surface area contributed by atoms with Crippen LogP contribution in [0.15, 0.2) is 49.1 Å². The smallest absolute Gasteiger partial charge is 0.133 e. The molecule has 3 heterocycles. The van der Waals surface area contributed by atoms with E-state index >= 15 is 0 Å². The molecule has 4 aromatic rings. The molecule has 7 nitrogen and oxygen atoms in total. The maximum atomic E-state index is 14.7. The SMILES string of the molecule is C[C@H](Nc1cc(N)ncn1)c1nc2ccc(F)c(-c3cccnc3)c2n1C. The molecule has 1 atom stereocenters. The summed E-state index contributed by atoms with van der Waals surface area (Å²) in [6.45, 7) is 1.96. The number of nitrogens with zero attached hydrogens (tertiary/aromatic N) is 5. The average molecular weight is 363 g/mol. The van der Waals surface area contributed by atoms with E-state index < -0.39 is 0 Å². The van der Waals surface area contributed by atoms with Crippen LogP contribution in [0.2, 0.25) is 0 Å². The summed E-state index contributed by atoms with van der Waals surface area (Å²) < 4.78 is 16.6. The predicted octanol–water partition coefficient (Wildman–Crippen LogP) is 3.32. The number of hydrogen-bond donors (Lipinski definition) is 2. The first-order valence-electron chi connectivity index (χ1n) is 8.44. The monoisotopic (exact) mass is 363 g/mol. The second-order valence-corrected chi connectivity index (χ2v) is 6.25. The van der Waals surface area contributed by atoms with Crippen LogP contribution in [0.25, 0.3) is 22.2 Å². The summed E-state index contributed by atoms with van der Waals surface area (Å²) in [6, 6.07) is 8.22. The summed E-state index contributed by atoms with van der Waals surface area (Å²) in [5.74, 6) is 1.42. The number of imidazole rings is 1. The number of hydrogen-bond acceptors (Lipinski definition) is 6. The van der Waals surface area contributed by atoms with Crippen LogP contribution in [0.4, 0.5) is 16.0 Å². The van der Waals surface area contributed by atoms with Gasteiger partial charge in [0.25, 0.3) is 0 Å². The van der Waals surface area contributed by atoms with E-state index in [0.29, 0.717) is 33.8 Å². The van der Waals surface area contributed by atoms with Crippen LogP contribution in [0.1, 0.15) is 18.8 Å². The summed E-state index contributed by atoms with van der Waals surface area (Å²) >= 11 is 0. The molecular formula is C19H18FN7. The zero-order valence-electron chi connectivity index (χ0n) is 14.9. The Hall–Kier alpha value is -3.55. The van der Waals surface area contributed by atoms with Crippen molar-refractivity contribution in [3.8, 4) is 11.1 Å². The quantitative estimate of drug-likeness (QED) is 0.578. The number of nitrogens with two attached hydrogens (primary N) is 1. The molecule has 0 saturated carbocycles. The minimum atomic E-state index is -0.311. The lowest BCUT2D eigenvalue weighted by atomic mass is 10.1. The Balaban J connectivity index is 1.80. The van der Waals surface area contributed by atoms with Gasteiger partial charge < -0.3 is 15.6 Å². The molecule has 1 aromatic carbocycles. The van der Waals surface area contributed by atoms with E-state index in [9.17, 15) is 4.39 Å². The van der Waals surface area contributed by atoms with Crippen molar-refractivity contribution >= 4 is 22.7 Å². The number of fused-ring (bicyclic) bond motifs is 1. The Morgan fingerprint density at radius 3 is 2.81 bits per heavy atom. The molecule has 4 rings (SSSR count). The highest BCUT2D eigenvalue weighted by Crippen LogP contribution is 2.32. The minimum Gasteiger partial charge on any atom is -0.384 e.